The van der Waals surface area contributed by atoms with Gasteiger partial charge in [0.15, 0.2) is 12.4 Å². The summed E-state index contributed by atoms with van der Waals surface area (Å²) in [5.41, 5.74) is 5.68. The standard InChI is InChI=1S/C24H22N4O4.HI/c1-32-20-12-8-9-18(15-20)16-21(25-23(30)19-10-4-2-5-11-19)24(31)27-26-22(29)17-28-13-6-3-7-14-28;/h2-16H,17H2,1H3,(H2-,25,26,27,29,30,31);1H/b21-16+;. The van der Waals surface area contributed by atoms with Gasteiger partial charge in [-0.3, -0.25) is 25.2 Å². The minimum absolute atomic E-state index is 0. The Hall–Kier alpha value is -3.73. The molecule has 3 rings (SSSR count). The van der Waals surface area contributed by atoms with Crippen molar-refractivity contribution in [2.45, 2.75) is 6.54 Å². The summed E-state index contributed by atoms with van der Waals surface area (Å²) in [4.78, 5) is 37.5. The quantitative estimate of drug-likeness (QED) is 0.144. The number of ether oxygens (including phenoxy) is 1. The van der Waals surface area contributed by atoms with E-state index in [1.807, 2.05) is 6.07 Å². The van der Waals surface area contributed by atoms with Crippen molar-refractivity contribution < 1.29 is 47.7 Å². The lowest BCUT2D eigenvalue weighted by atomic mass is 10.1. The summed E-state index contributed by atoms with van der Waals surface area (Å²) in [5, 5.41) is 2.61. The highest BCUT2D eigenvalue weighted by Gasteiger charge is 2.16. The molecule has 0 saturated carbocycles. The molecule has 170 valence electrons. The van der Waals surface area contributed by atoms with E-state index in [0.29, 0.717) is 16.9 Å². The van der Waals surface area contributed by atoms with Gasteiger partial charge in [-0.1, -0.05) is 36.4 Å². The number of benzene rings is 2. The van der Waals surface area contributed by atoms with Gasteiger partial charge in [-0.2, -0.15) is 4.57 Å². The Morgan fingerprint density at radius 1 is 0.909 bits per heavy atom. The Kier molecular flexibility index (Phi) is 10.0. The van der Waals surface area contributed by atoms with Crippen molar-refractivity contribution >= 4 is 23.8 Å². The smallest absolute Gasteiger partial charge is 0.304 e. The lowest BCUT2D eigenvalue weighted by Gasteiger charge is -2.12. The van der Waals surface area contributed by atoms with Crippen LogP contribution in [0.15, 0.2) is 90.9 Å². The zero-order chi connectivity index (χ0) is 22.8. The van der Waals surface area contributed by atoms with Gasteiger partial charge in [0.25, 0.3) is 11.8 Å². The predicted molar refractivity (Wildman–Crippen MR) is 118 cm³/mol. The Balaban J connectivity index is 0.00000385. The van der Waals surface area contributed by atoms with Crippen LogP contribution in [0.2, 0.25) is 0 Å². The first-order chi connectivity index (χ1) is 15.5. The largest absolute Gasteiger partial charge is 1.00 e. The van der Waals surface area contributed by atoms with Crippen LogP contribution in [0, 0.1) is 0 Å². The van der Waals surface area contributed by atoms with Crippen molar-refractivity contribution in [3.05, 3.63) is 102 Å². The van der Waals surface area contributed by atoms with Gasteiger partial charge in [0.1, 0.15) is 11.4 Å². The average Bonchev–Trinajstić information content (AvgIpc) is 2.83. The first-order valence-corrected chi connectivity index (χ1v) is 9.80. The normalized spacial score (nSPS) is 10.4. The number of rotatable bonds is 7. The second kappa shape index (κ2) is 13.0. The number of carbonyl (C=O) groups is 3. The third kappa shape index (κ3) is 8.04. The van der Waals surface area contributed by atoms with E-state index in [1.165, 1.54) is 13.2 Å². The van der Waals surface area contributed by atoms with Gasteiger partial charge in [0.2, 0.25) is 6.54 Å². The molecule has 0 aliphatic carbocycles. The Morgan fingerprint density at radius 3 is 2.30 bits per heavy atom. The number of halogens is 1. The van der Waals surface area contributed by atoms with E-state index in [1.54, 1.807) is 83.7 Å². The van der Waals surface area contributed by atoms with Gasteiger partial charge < -0.3 is 34.0 Å². The monoisotopic (exact) mass is 558 g/mol. The molecule has 0 radical (unpaired) electrons. The molecular weight excluding hydrogens is 535 g/mol. The predicted octanol–water partition coefficient (Wildman–Crippen LogP) is -1.39. The maximum absolute atomic E-state index is 12.8. The highest BCUT2D eigenvalue weighted by Crippen LogP contribution is 2.15. The molecule has 0 fully saturated rings. The van der Waals surface area contributed by atoms with Crippen LogP contribution in [0.3, 0.4) is 0 Å². The summed E-state index contributed by atoms with van der Waals surface area (Å²) < 4.78 is 6.86. The number of nitrogens with one attached hydrogen (secondary N) is 3. The molecular formula is C24H23IN4O4. The molecule has 3 N–H and O–H groups in total. The number of nitrogens with zero attached hydrogens (tertiary/aromatic N) is 1. The number of pyridine rings is 1. The number of hydrogen-bond donors (Lipinski definition) is 3. The highest BCUT2D eigenvalue weighted by atomic mass is 127. The summed E-state index contributed by atoms with van der Waals surface area (Å²) in [6.07, 6.45) is 4.96. The zero-order valence-electron chi connectivity index (χ0n) is 17.8. The van der Waals surface area contributed by atoms with Crippen LogP contribution >= 0.6 is 0 Å². The minimum Gasteiger partial charge on any atom is -1.00 e. The number of hydrazine groups is 1. The minimum atomic E-state index is -0.677. The molecule has 0 unspecified atom stereocenters. The van der Waals surface area contributed by atoms with Gasteiger partial charge >= 0.3 is 5.91 Å². The second-order valence-electron chi connectivity index (χ2n) is 6.70. The SMILES string of the molecule is COc1cccc(/C=C(/NC(=O)c2ccccc2)C(=O)NNC(=O)C[n+]2ccccc2)c1.[I-]. The fraction of sp³-hybridized carbons (Fsp3) is 0.0833. The molecule has 1 aromatic heterocycles. The third-order valence-electron chi connectivity index (χ3n) is 4.35. The maximum atomic E-state index is 12.8. The fourth-order valence-corrected chi connectivity index (χ4v) is 2.78. The van der Waals surface area contributed by atoms with E-state index in [9.17, 15) is 14.4 Å². The van der Waals surface area contributed by atoms with Crippen LogP contribution in [0.1, 0.15) is 15.9 Å². The molecule has 0 spiro atoms. The molecule has 2 aromatic carbocycles. The van der Waals surface area contributed by atoms with Crippen LogP contribution in [0.5, 0.6) is 5.75 Å². The first-order valence-electron chi connectivity index (χ1n) is 9.80. The van der Waals surface area contributed by atoms with Crippen LogP contribution in [-0.2, 0) is 16.1 Å². The van der Waals surface area contributed by atoms with Crippen LogP contribution in [0.25, 0.3) is 6.08 Å². The van der Waals surface area contributed by atoms with E-state index in [-0.39, 0.29) is 36.2 Å². The molecule has 0 bridgehead atoms. The van der Waals surface area contributed by atoms with Gasteiger partial charge in [-0.15, -0.1) is 0 Å². The molecule has 0 aliphatic heterocycles. The van der Waals surface area contributed by atoms with E-state index in [4.69, 9.17) is 4.74 Å². The van der Waals surface area contributed by atoms with Crippen molar-refractivity contribution in [3.63, 3.8) is 0 Å². The number of aromatic nitrogens is 1. The van der Waals surface area contributed by atoms with Crippen molar-refractivity contribution in [2.75, 3.05) is 7.11 Å². The summed E-state index contributed by atoms with van der Waals surface area (Å²) in [6.45, 7) is 0.0203. The van der Waals surface area contributed by atoms with Crippen molar-refractivity contribution in [2.24, 2.45) is 0 Å². The topological polar surface area (TPSA) is 100 Å². The van der Waals surface area contributed by atoms with Crippen LogP contribution in [-0.4, -0.2) is 24.8 Å². The molecule has 8 nitrogen and oxygen atoms in total. The molecule has 3 amide bonds. The highest BCUT2D eigenvalue weighted by molar-refractivity contribution is 6.05. The van der Waals surface area contributed by atoms with Crippen LogP contribution < -0.4 is 49.4 Å². The Morgan fingerprint density at radius 2 is 1.61 bits per heavy atom. The molecule has 9 heteroatoms. The van der Waals surface area contributed by atoms with E-state index >= 15 is 0 Å². The molecule has 0 saturated heterocycles. The Bertz CT molecular complexity index is 1120. The van der Waals surface area contributed by atoms with Crippen molar-refractivity contribution in [1.29, 1.82) is 0 Å². The number of hydrogen-bond acceptors (Lipinski definition) is 4. The number of amides is 3. The summed E-state index contributed by atoms with van der Waals surface area (Å²) in [6, 6.07) is 20.9. The van der Waals surface area contributed by atoms with Crippen LogP contribution in [0.4, 0.5) is 0 Å². The molecule has 0 atom stereocenters. The maximum Gasteiger partial charge on any atom is 0.304 e. The van der Waals surface area contributed by atoms with Gasteiger partial charge in [0, 0.05) is 17.7 Å². The summed E-state index contributed by atoms with van der Waals surface area (Å²) in [7, 11) is 1.54. The molecule has 0 aliphatic rings. The van der Waals surface area contributed by atoms with E-state index in [0.717, 1.165) is 0 Å². The number of carbonyl (C=O) groups excluding carboxylic acids is 3. The van der Waals surface area contributed by atoms with Gasteiger partial charge in [-0.25, -0.2) is 0 Å². The van der Waals surface area contributed by atoms with Gasteiger partial charge in [0.05, 0.1) is 7.11 Å². The van der Waals surface area contributed by atoms with Crippen molar-refractivity contribution in [1.82, 2.24) is 16.2 Å². The molecule has 1 heterocycles. The van der Waals surface area contributed by atoms with E-state index in [2.05, 4.69) is 16.2 Å². The molecule has 33 heavy (non-hydrogen) atoms. The first kappa shape index (κ1) is 25.5. The molecule has 3 aromatic rings. The third-order valence-corrected chi connectivity index (χ3v) is 4.35. The summed E-state index contributed by atoms with van der Waals surface area (Å²) >= 11 is 0. The summed E-state index contributed by atoms with van der Waals surface area (Å²) in [5.74, 6) is -0.963. The zero-order valence-corrected chi connectivity index (χ0v) is 20.0. The lowest BCUT2D eigenvalue weighted by Crippen LogP contribution is -3.00. The fourth-order valence-electron chi connectivity index (χ4n) is 2.78. The second-order valence-corrected chi connectivity index (χ2v) is 6.70. The Labute approximate surface area is 208 Å². The van der Waals surface area contributed by atoms with E-state index < -0.39 is 17.7 Å². The average molecular weight is 558 g/mol. The van der Waals surface area contributed by atoms with Crippen molar-refractivity contribution in [3.8, 4) is 5.75 Å². The lowest BCUT2D eigenvalue weighted by molar-refractivity contribution is -0.684. The number of methoxy groups -OCH3 is 1. The van der Waals surface area contributed by atoms with Gasteiger partial charge in [-0.05, 0) is 35.9 Å².